The third-order valence-electron chi connectivity index (χ3n) is 0.839. The molecule has 0 aromatic rings. The van der Waals surface area contributed by atoms with E-state index in [9.17, 15) is 0 Å². The van der Waals surface area contributed by atoms with Crippen LogP contribution in [0, 0.1) is 5.41 Å². The van der Waals surface area contributed by atoms with Crippen LogP contribution in [0.2, 0.25) is 0 Å². The highest BCUT2D eigenvalue weighted by Crippen LogP contribution is 1.88. The Hall–Kier alpha value is -0.790. The molecular formula is C5H10N2. The van der Waals surface area contributed by atoms with E-state index < -0.39 is 0 Å². The molecule has 3 N–H and O–H groups in total. The molecule has 0 aromatic heterocycles. The van der Waals surface area contributed by atoms with E-state index in [1.54, 1.807) is 6.92 Å². The molecule has 7 heavy (non-hydrogen) atoms. The number of hydrogen-bond donors (Lipinski definition) is 2. The van der Waals surface area contributed by atoms with Crippen molar-refractivity contribution >= 4 is 6.21 Å². The van der Waals surface area contributed by atoms with Crippen molar-refractivity contribution in [2.45, 2.75) is 13.8 Å². The van der Waals surface area contributed by atoms with Crippen molar-refractivity contribution in [3.05, 3.63) is 11.3 Å². The number of hydrogen-bond acceptors (Lipinski definition) is 2. The fraction of sp³-hybridized carbons (Fsp3) is 0.400. The summed E-state index contributed by atoms with van der Waals surface area (Å²) in [6.45, 7) is 3.59. The van der Waals surface area contributed by atoms with Gasteiger partial charge in [-0.05, 0) is 19.4 Å². The van der Waals surface area contributed by atoms with E-state index in [1.165, 1.54) is 6.21 Å². The van der Waals surface area contributed by atoms with Gasteiger partial charge in [-0.3, -0.25) is 0 Å². The van der Waals surface area contributed by atoms with Crippen LogP contribution in [0.4, 0.5) is 0 Å². The molecule has 0 bridgehead atoms. The van der Waals surface area contributed by atoms with Gasteiger partial charge >= 0.3 is 0 Å². The van der Waals surface area contributed by atoms with E-state index in [2.05, 4.69) is 0 Å². The summed E-state index contributed by atoms with van der Waals surface area (Å²) >= 11 is 0. The molecule has 0 rings (SSSR count). The third-order valence-corrected chi connectivity index (χ3v) is 0.839. The van der Waals surface area contributed by atoms with Gasteiger partial charge in [0.2, 0.25) is 0 Å². The molecule has 0 aliphatic rings. The predicted molar refractivity (Wildman–Crippen MR) is 31.3 cm³/mol. The summed E-state index contributed by atoms with van der Waals surface area (Å²) in [5, 5.41) is 6.68. The number of nitrogens with two attached hydrogens (primary N) is 1. The maximum Gasteiger partial charge on any atom is 0.0224 e. The summed E-state index contributed by atoms with van der Waals surface area (Å²) in [6, 6.07) is 0. The van der Waals surface area contributed by atoms with Gasteiger partial charge in [0, 0.05) is 11.9 Å². The molecule has 0 spiro atoms. The van der Waals surface area contributed by atoms with Crippen LogP contribution in [-0.4, -0.2) is 6.21 Å². The summed E-state index contributed by atoms with van der Waals surface area (Å²) in [6.07, 6.45) is 1.25. The maximum atomic E-state index is 6.68. The first-order valence-electron chi connectivity index (χ1n) is 2.12. The molecule has 0 unspecified atom stereocenters. The van der Waals surface area contributed by atoms with Crippen molar-refractivity contribution in [3.8, 4) is 0 Å². The predicted octanol–water partition coefficient (Wildman–Crippen LogP) is 0.889. The molecule has 0 aliphatic carbocycles. The summed E-state index contributed by atoms with van der Waals surface area (Å²) < 4.78 is 0. The highest BCUT2D eigenvalue weighted by Gasteiger charge is 1.81. The molecule has 0 heterocycles. The molecule has 0 aliphatic heterocycles. The summed E-state index contributed by atoms with van der Waals surface area (Å²) in [4.78, 5) is 0. The quantitative estimate of drug-likeness (QED) is 0.470. The zero-order valence-corrected chi connectivity index (χ0v) is 4.65. The molecule has 0 atom stereocenters. The molecule has 0 fully saturated rings. The van der Waals surface area contributed by atoms with Crippen LogP contribution in [0.25, 0.3) is 0 Å². The summed E-state index contributed by atoms with van der Waals surface area (Å²) in [5.74, 6) is 0. The monoisotopic (exact) mass is 98.1 g/mol. The first-order valence-corrected chi connectivity index (χ1v) is 2.12. The minimum absolute atomic E-state index is 0.718. The first kappa shape index (κ1) is 6.21. The maximum absolute atomic E-state index is 6.68. The van der Waals surface area contributed by atoms with Gasteiger partial charge in [0.25, 0.3) is 0 Å². The largest absolute Gasteiger partial charge is 0.402 e. The van der Waals surface area contributed by atoms with Crippen LogP contribution in [0.1, 0.15) is 13.8 Å². The van der Waals surface area contributed by atoms with Gasteiger partial charge in [0.15, 0.2) is 0 Å². The molecule has 2 nitrogen and oxygen atoms in total. The van der Waals surface area contributed by atoms with Crippen LogP contribution in [0.15, 0.2) is 11.3 Å². The van der Waals surface area contributed by atoms with E-state index in [1.807, 2.05) is 6.92 Å². The van der Waals surface area contributed by atoms with Gasteiger partial charge < -0.3 is 11.1 Å². The number of allylic oxidation sites excluding steroid dienone is 2. The van der Waals surface area contributed by atoms with Gasteiger partial charge in [-0.1, -0.05) is 0 Å². The van der Waals surface area contributed by atoms with E-state index in [4.69, 9.17) is 11.1 Å². The van der Waals surface area contributed by atoms with Gasteiger partial charge in [-0.25, -0.2) is 0 Å². The zero-order chi connectivity index (χ0) is 5.86. The highest BCUT2D eigenvalue weighted by atomic mass is 14.6. The van der Waals surface area contributed by atoms with Crippen LogP contribution in [0.5, 0.6) is 0 Å². The first-order chi connectivity index (χ1) is 3.18. The standard InChI is InChI=1S/C5H10N2/c1-4(3-6)5(2)7/h3,6H,7H2,1-2H3/b5-4-,6-3?. The minimum atomic E-state index is 0.718. The van der Waals surface area contributed by atoms with Crippen LogP contribution in [-0.2, 0) is 0 Å². The second-order valence-corrected chi connectivity index (χ2v) is 1.51. The molecular weight excluding hydrogens is 88.1 g/mol. The average Bonchev–Trinajstić information content (AvgIpc) is 1.65. The minimum Gasteiger partial charge on any atom is -0.402 e. The SMILES string of the molecule is C/C(N)=C(\C)C=N. The Morgan fingerprint density at radius 1 is 1.57 bits per heavy atom. The van der Waals surface area contributed by atoms with Crippen LogP contribution >= 0.6 is 0 Å². The normalized spacial score (nSPS) is 12.9. The molecule has 40 valence electrons. The van der Waals surface area contributed by atoms with Gasteiger partial charge in [-0.15, -0.1) is 0 Å². The summed E-state index contributed by atoms with van der Waals surface area (Å²) in [5.41, 5.74) is 6.83. The van der Waals surface area contributed by atoms with E-state index in [-0.39, 0.29) is 0 Å². The lowest BCUT2D eigenvalue weighted by Crippen LogP contribution is -1.95. The average molecular weight is 98.1 g/mol. The molecule has 0 amide bonds. The van der Waals surface area contributed by atoms with Crippen LogP contribution < -0.4 is 5.73 Å². The Balaban J connectivity index is 3.98. The Labute approximate surface area is 43.5 Å². The highest BCUT2D eigenvalue weighted by molar-refractivity contribution is 5.75. The van der Waals surface area contributed by atoms with Crippen molar-refractivity contribution in [2.75, 3.05) is 0 Å². The van der Waals surface area contributed by atoms with E-state index in [0.29, 0.717) is 0 Å². The van der Waals surface area contributed by atoms with Gasteiger partial charge in [0.05, 0.1) is 0 Å². The summed E-state index contributed by atoms with van der Waals surface area (Å²) in [7, 11) is 0. The van der Waals surface area contributed by atoms with Gasteiger partial charge in [-0.2, -0.15) is 0 Å². The lowest BCUT2D eigenvalue weighted by molar-refractivity contribution is 1.26. The Morgan fingerprint density at radius 3 is 2.00 bits per heavy atom. The smallest absolute Gasteiger partial charge is 0.0224 e. The topological polar surface area (TPSA) is 49.9 Å². The fourth-order valence-corrected chi connectivity index (χ4v) is 0.114. The number of nitrogens with one attached hydrogen (secondary N) is 1. The Morgan fingerprint density at radius 2 is 2.00 bits per heavy atom. The third kappa shape index (κ3) is 1.98. The van der Waals surface area contributed by atoms with Crippen molar-refractivity contribution < 1.29 is 0 Å². The molecule has 0 radical (unpaired) electrons. The van der Waals surface area contributed by atoms with Crippen molar-refractivity contribution in [1.82, 2.24) is 0 Å². The Kier molecular flexibility index (Phi) is 2.12. The van der Waals surface area contributed by atoms with E-state index >= 15 is 0 Å². The molecule has 0 saturated heterocycles. The zero-order valence-electron chi connectivity index (χ0n) is 4.65. The fourth-order valence-electron chi connectivity index (χ4n) is 0.114. The Bertz CT molecular complexity index is 98.6. The second-order valence-electron chi connectivity index (χ2n) is 1.51. The number of rotatable bonds is 1. The van der Waals surface area contributed by atoms with Crippen molar-refractivity contribution in [2.24, 2.45) is 5.73 Å². The molecule has 0 aromatic carbocycles. The second kappa shape index (κ2) is 2.39. The van der Waals surface area contributed by atoms with Crippen molar-refractivity contribution in [3.63, 3.8) is 0 Å². The van der Waals surface area contributed by atoms with E-state index in [0.717, 1.165) is 11.3 Å². The lowest BCUT2D eigenvalue weighted by Gasteiger charge is -1.89. The van der Waals surface area contributed by atoms with Crippen molar-refractivity contribution in [1.29, 1.82) is 5.41 Å². The molecule has 0 saturated carbocycles. The van der Waals surface area contributed by atoms with Crippen LogP contribution in [0.3, 0.4) is 0 Å². The lowest BCUT2D eigenvalue weighted by atomic mass is 10.3. The van der Waals surface area contributed by atoms with Gasteiger partial charge in [0.1, 0.15) is 0 Å². The molecule has 2 heteroatoms.